The molecule has 26 heavy (non-hydrogen) atoms. The average Bonchev–Trinajstić information content (AvgIpc) is 3.19. The van der Waals surface area contributed by atoms with Crippen molar-refractivity contribution in [3.8, 4) is 5.75 Å². The molecule has 1 aliphatic carbocycles. The third-order valence-corrected chi connectivity index (χ3v) is 5.76. The van der Waals surface area contributed by atoms with Crippen molar-refractivity contribution in [1.29, 1.82) is 0 Å². The van der Waals surface area contributed by atoms with Gasteiger partial charge in [-0.15, -0.1) is 0 Å². The van der Waals surface area contributed by atoms with E-state index in [9.17, 15) is 9.59 Å². The molecule has 134 valence electrons. The number of hydrogen-bond acceptors (Lipinski definition) is 3. The van der Waals surface area contributed by atoms with Gasteiger partial charge in [-0.1, -0.05) is 44.2 Å². The number of rotatable bonds is 6. The molecule has 1 saturated carbocycles. The lowest BCUT2D eigenvalue weighted by molar-refractivity contribution is 0.0974. The summed E-state index contributed by atoms with van der Waals surface area (Å²) in [6.45, 7) is 4.55. The molecule has 0 amide bonds. The van der Waals surface area contributed by atoms with Crippen LogP contribution in [0.15, 0.2) is 42.5 Å². The lowest BCUT2D eigenvalue weighted by Crippen LogP contribution is -2.07. The van der Waals surface area contributed by atoms with Crippen LogP contribution in [0, 0.1) is 11.8 Å². The predicted octanol–water partition coefficient (Wildman–Crippen LogP) is 5.03. The van der Waals surface area contributed by atoms with Gasteiger partial charge in [0.25, 0.3) is 0 Å². The van der Waals surface area contributed by atoms with Gasteiger partial charge in [-0.25, -0.2) is 0 Å². The van der Waals surface area contributed by atoms with Crippen LogP contribution in [-0.2, 0) is 0 Å². The van der Waals surface area contributed by atoms with Crippen LogP contribution in [0.3, 0.4) is 0 Å². The Morgan fingerprint density at radius 2 is 1.85 bits per heavy atom. The van der Waals surface area contributed by atoms with E-state index in [0.717, 1.165) is 17.5 Å². The molecule has 0 spiro atoms. The molecule has 0 radical (unpaired) electrons. The highest BCUT2D eigenvalue weighted by molar-refractivity contribution is 6.04. The van der Waals surface area contributed by atoms with Gasteiger partial charge in [0.1, 0.15) is 5.75 Å². The Morgan fingerprint density at radius 3 is 2.50 bits per heavy atom. The van der Waals surface area contributed by atoms with Gasteiger partial charge in [0.2, 0.25) is 0 Å². The Hall–Kier alpha value is -2.42. The highest BCUT2D eigenvalue weighted by atomic mass is 16.5. The first-order valence-corrected chi connectivity index (χ1v) is 9.50. The lowest BCUT2D eigenvalue weighted by atomic mass is 9.88. The zero-order chi connectivity index (χ0) is 18.3. The summed E-state index contributed by atoms with van der Waals surface area (Å²) in [4.78, 5) is 25.3. The fourth-order valence-corrected chi connectivity index (χ4v) is 3.89. The van der Waals surface area contributed by atoms with Crippen molar-refractivity contribution < 1.29 is 14.3 Å². The first kappa shape index (κ1) is 17.0. The summed E-state index contributed by atoms with van der Waals surface area (Å²) in [6.07, 6.45) is 2.12. The van der Waals surface area contributed by atoms with Gasteiger partial charge in [0.15, 0.2) is 11.6 Å². The number of carbonyl (C=O) groups excluding carboxylic acids is 2. The average molecular weight is 348 g/mol. The second kappa shape index (κ2) is 6.71. The molecule has 3 atom stereocenters. The zero-order valence-electron chi connectivity index (χ0n) is 15.3. The largest absolute Gasteiger partial charge is 0.492 e. The normalized spacial score (nSPS) is 23.2. The SMILES string of the molecule is CCC(=O)c1cc(C(=O)C[C@H]2C[C@@H]2C)cc2c1OCC2c1ccccc1. The van der Waals surface area contributed by atoms with E-state index in [4.69, 9.17) is 4.74 Å². The zero-order valence-corrected chi connectivity index (χ0v) is 15.3. The van der Waals surface area contributed by atoms with Crippen molar-refractivity contribution in [3.63, 3.8) is 0 Å². The molecule has 2 aliphatic rings. The van der Waals surface area contributed by atoms with E-state index in [1.165, 1.54) is 0 Å². The van der Waals surface area contributed by atoms with Crippen LogP contribution in [0.25, 0.3) is 0 Å². The minimum atomic E-state index is 0.0319. The van der Waals surface area contributed by atoms with Gasteiger partial charge >= 0.3 is 0 Å². The monoisotopic (exact) mass is 348 g/mol. The maximum atomic E-state index is 12.8. The van der Waals surface area contributed by atoms with E-state index in [1.54, 1.807) is 6.07 Å². The molecular weight excluding hydrogens is 324 g/mol. The highest BCUT2D eigenvalue weighted by Crippen LogP contribution is 2.44. The van der Waals surface area contributed by atoms with Crippen molar-refractivity contribution in [3.05, 3.63) is 64.7 Å². The summed E-state index contributed by atoms with van der Waals surface area (Å²) in [5.74, 6) is 2.06. The van der Waals surface area contributed by atoms with Crippen LogP contribution < -0.4 is 4.74 Å². The molecule has 2 aromatic rings. The maximum absolute atomic E-state index is 12.8. The van der Waals surface area contributed by atoms with E-state index in [0.29, 0.717) is 48.2 Å². The van der Waals surface area contributed by atoms with Gasteiger partial charge < -0.3 is 4.74 Å². The van der Waals surface area contributed by atoms with E-state index < -0.39 is 0 Å². The number of fused-ring (bicyclic) bond motifs is 1. The molecule has 0 bridgehead atoms. The van der Waals surface area contributed by atoms with Crippen LogP contribution in [-0.4, -0.2) is 18.2 Å². The minimum Gasteiger partial charge on any atom is -0.492 e. The van der Waals surface area contributed by atoms with Crippen molar-refractivity contribution in [2.75, 3.05) is 6.61 Å². The molecule has 1 unspecified atom stereocenters. The molecule has 1 fully saturated rings. The van der Waals surface area contributed by atoms with Gasteiger partial charge in [0, 0.05) is 29.9 Å². The summed E-state index contributed by atoms with van der Waals surface area (Å²) < 4.78 is 5.93. The third-order valence-electron chi connectivity index (χ3n) is 5.76. The minimum absolute atomic E-state index is 0.0319. The Kier molecular flexibility index (Phi) is 4.39. The first-order chi connectivity index (χ1) is 12.6. The van der Waals surface area contributed by atoms with Crippen LogP contribution in [0.5, 0.6) is 5.75 Å². The van der Waals surface area contributed by atoms with E-state index in [-0.39, 0.29) is 17.5 Å². The van der Waals surface area contributed by atoms with Crippen LogP contribution in [0.4, 0.5) is 0 Å². The second-order valence-corrected chi connectivity index (χ2v) is 7.59. The van der Waals surface area contributed by atoms with E-state index in [1.807, 2.05) is 31.2 Å². The standard InChI is InChI=1S/C23H24O3/c1-3-21(24)19-11-17(22(25)12-16-9-14(16)2)10-18-20(13-26-23(18)19)15-7-5-4-6-8-15/h4-8,10-11,14,16,20H,3,9,12-13H2,1-2H3/t14-,16+,20?/m0/s1. The number of Topliss-reactive ketones (excluding diaryl/α,β-unsaturated/α-hetero) is 2. The smallest absolute Gasteiger partial charge is 0.166 e. The molecule has 1 aliphatic heterocycles. The molecule has 3 heteroatoms. The van der Waals surface area contributed by atoms with E-state index in [2.05, 4.69) is 19.1 Å². The molecule has 1 heterocycles. The van der Waals surface area contributed by atoms with E-state index >= 15 is 0 Å². The van der Waals surface area contributed by atoms with Crippen molar-refractivity contribution in [2.24, 2.45) is 11.8 Å². The fraction of sp³-hybridized carbons (Fsp3) is 0.391. The van der Waals surface area contributed by atoms with Crippen LogP contribution in [0.2, 0.25) is 0 Å². The number of ether oxygens (including phenoxy) is 1. The molecule has 0 N–H and O–H groups in total. The van der Waals surface area contributed by atoms with Crippen molar-refractivity contribution in [1.82, 2.24) is 0 Å². The van der Waals surface area contributed by atoms with Crippen LogP contribution in [0.1, 0.15) is 70.9 Å². The lowest BCUT2D eigenvalue weighted by Gasteiger charge is -2.12. The molecule has 2 aromatic carbocycles. The Morgan fingerprint density at radius 1 is 1.12 bits per heavy atom. The van der Waals surface area contributed by atoms with Gasteiger partial charge in [-0.3, -0.25) is 9.59 Å². The number of hydrogen-bond donors (Lipinski definition) is 0. The second-order valence-electron chi connectivity index (χ2n) is 7.59. The Labute approximate surface area is 154 Å². The summed E-state index contributed by atoms with van der Waals surface area (Å²) >= 11 is 0. The Balaban J connectivity index is 1.75. The topological polar surface area (TPSA) is 43.4 Å². The number of benzene rings is 2. The first-order valence-electron chi connectivity index (χ1n) is 9.50. The summed E-state index contributed by atoms with van der Waals surface area (Å²) in [7, 11) is 0. The molecule has 0 saturated heterocycles. The van der Waals surface area contributed by atoms with Gasteiger partial charge in [0.05, 0.1) is 12.2 Å². The van der Waals surface area contributed by atoms with Crippen LogP contribution >= 0.6 is 0 Å². The number of carbonyl (C=O) groups is 2. The van der Waals surface area contributed by atoms with Crippen molar-refractivity contribution >= 4 is 11.6 Å². The summed E-state index contributed by atoms with van der Waals surface area (Å²) in [5, 5.41) is 0. The summed E-state index contributed by atoms with van der Waals surface area (Å²) in [6, 6.07) is 13.9. The molecule has 0 aromatic heterocycles. The Bertz CT molecular complexity index is 853. The molecular formula is C23H24O3. The maximum Gasteiger partial charge on any atom is 0.166 e. The summed E-state index contributed by atoms with van der Waals surface area (Å²) in [5.41, 5.74) is 3.35. The molecule has 3 nitrogen and oxygen atoms in total. The molecule has 4 rings (SSSR count). The highest BCUT2D eigenvalue weighted by Gasteiger charge is 2.36. The third kappa shape index (κ3) is 3.07. The van der Waals surface area contributed by atoms with Gasteiger partial charge in [-0.2, -0.15) is 0 Å². The number of ketones is 2. The quantitative estimate of drug-likeness (QED) is 0.688. The van der Waals surface area contributed by atoms with Crippen molar-refractivity contribution in [2.45, 2.75) is 39.0 Å². The fourth-order valence-electron chi connectivity index (χ4n) is 3.89. The van der Waals surface area contributed by atoms with Gasteiger partial charge in [-0.05, 0) is 36.0 Å². The predicted molar refractivity (Wildman–Crippen MR) is 101 cm³/mol.